The first-order valence-corrected chi connectivity index (χ1v) is 9.18. The highest BCUT2D eigenvalue weighted by molar-refractivity contribution is 7.89. The number of benzene rings is 1. The van der Waals surface area contributed by atoms with E-state index in [0.717, 1.165) is 17.7 Å². The van der Waals surface area contributed by atoms with E-state index in [1.165, 1.54) is 11.4 Å². The van der Waals surface area contributed by atoms with Gasteiger partial charge < -0.3 is 9.47 Å². The monoisotopic (exact) mass is 341 g/mol. The Morgan fingerprint density at radius 1 is 1.30 bits per heavy atom. The molecule has 1 heterocycles. The van der Waals surface area contributed by atoms with Crippen LogP contribution >= 0.6 is 0 Å². The number of rotatable bonds is 6. The van der Waals surface area contributed by atoms with Crippen LogP contribution < -0.4 is 4.74 Å². The van der Waals surface area contributed by atoms with Crippen molar-refractivity contribution in [2.45, 2.75) is 19.3 Å². The molecule has 0 unspecified atom stereocenters. The minimum atomic E-state index is -3.46. The van der Waals surface area contributed by atoms with Crippen LogP contribution in [0.15, 0.2) is 24.3 Å². The third-order valence-corrected chi connectivity index (χ3v) is 6.24. The molecule has 0 saturated carbocycles. The summed E-state index contributed by atoms with van der Waals surface area (Å²) in [6.45, 7) is 2.50. The highest BCUT2D eigenvalue weighted by atomic mass is 32.2. The van der Waals surface area contributed by atoms with Crippen LogP contribution in [-0.2, 0) is 19.6 Å². The van der Waals surface area contributed by atoms with Crippen LogP contribution in [-0.4, -0.2) is 51.8 Å². The van der Waals surface area contributed by atoms with Crippen molar-refractivity contribution in [3.05, 3.63) is 29.8 Å². The molecule has 1 saturated heterocycles. The minimum absolute atomic E-state index is 0.170. The molecule has 0 radical (unpaired) electrons. The summed E-state index contributed by atoms with van der Waals surface area (Å²) in [4.78, 5) is 11.4. The Hall–Kier alpha value is -1.60. The van der Waals surface area contributed by atoms with Crippen LogP contribution in [0, 0.1) is 5.92 Å². The second kappa shape index (κ2) is 7.31. The predicted octanol–water partition coefficient (Wildman–Crippen LogP) is 1.62. The van der Waals surface area contributed by atoms with Gasteiger partial charge in [-0.2, -0.15) is 0 Å². The molecule has 0 spiro atoms. The van der Waals surface area contributed by atoms with Gasteiger partial charge in [-0.25, -0.2) is 12.7 Å². The average Bonchev–Trinajstić information content (AvgIpc) is 3.04. The molecule has 7 heteroatoms. The van der Waals surface area contributed by atoms with Gasteiger partial charge in [-0.1, -0.05) is 19.1 Å². The third-order valence-electron chi connectivity index (χ3n) is 4.20. The van der Waals surface area contributed by atoms with E-state index < -0.39 is 21.9 Å². The summed E-state index contributed by atoms with van der Waals surface area (Å²) in [5, 5.41) is 0. The molecule has 1 aliphatic heterocycles. The molecular formula is C16H23NO5S. The molecule has 0 bridgehead atoms. The van der Waals surface area contributed by atoms with E-state index in [1.54, 1.807) is 14.0 Å². The number of methoxy groups -OCH3 is 2. The second-order valence-electron chi connectivity index (χ2n) is 5.82. The van der Waals surface area contributed by atoms with E-state index in [9.17, 15) is 13.2 Å². The van der Waals surface area contributed by atoms with E-state index in [2.05, 4.69) is 4.74 Å². The molecule has 23 heavy (non-hydrogen) atoms. The van der Waals surface area contributed by atoms with Crippen LogP contribution in [0.3, 0.4) is 0 Å². The first-order chi connectivity index (χ1) is 10.9. The molecule has 128 valence electrons. The number of sulfonamides is 1. The topological polar surface area (TPSA) is 72.9 Å². The predicted molar refractivity (Wildman–Crippen MR) is 86.9 cm³/mol. The second-order valence-corrected chi connectivity index (χ2v) is 7.83. The number of ether oxygens (including phenoxy) is 2. The SMILES string of the molecule is COC(=O)[C@@H](C)CS(=O)(=O)N1CC[C@H](c2ccc(OC)cc2)C1. The quantitative estimate of drug-likeness (QED) is 0.735. The highest BCUT2D eigenvalue weighted by Crippen LogP contribution is 2.30. The van der Waals surface area contributed by atoms with Gasteiger partial charge in [0.15, 0.2) is 0 Å². The molecule has 6 nitrogen and oxygen atoms in total. The zero-order valence-corrected chi connectivity index (χ0v) is 14.5. The first-order valence-electron chi connectivity index (χ1n) is 7.57. The van der Waals surface area contributed by atoms with Gasteiger partial charge >= 0.3 is 5.97 Å². The summed E-state index contributed by atoms with van der Waals surface area (Å²) < 4.78 is 36.1. The van der Waals surface area contributed by atoms with Gasteiger partial charge in [-0.15, -0.1) is 0 Å². The van der Waals surface area contributed by atoms with Gasteiger partial charge in [0.1, 0.15) is 5.75 Å². The van der Waals surface area contributed by atoms with Crippen molar-refractivity contribution in [2.24, 2.45) is 5.92 Å². The molecule has 2 atom stereocenters. The maximum absolute atomic E-state index is 12.4. The largest absolute Gasteiger partial charge is 0.497 e. The summed E-state index contributed by atoms with van der Waals surface area (Å²) in [5.74, 6) is -0.425. The van der Waals surface area contributed by atoms with Crippen molar-refractivity contribution in [3.8, 4) is 5.75 Å². The summed E-state index contributed by atoms with van der Waals surface area (Å²) in [6, 6.07) is 7.70. The van der Waals surface area contributed by atoms with Gasteiger partial charge in [-0.3, -0.25) is 4.79 Å². The number of hydrogen-bond acceptors (Lipinski definition) is 5. The fraction of sp³-hybridized carbons (Fsp3) is 0.562. The summed E-state index contributed by atoms with van der Waals surface area (Å²) in [7, 11) is -0.583. The lowest BCUT2D eigenvalue weighted by atomic mass is 9.99. The summed E-state index contributed by atoms with van der Waals surface area (Å²) in [5.41, 5.74) is 1.10. The van der Waals surface area contributed by atoms with E-state index in [1.807, 2.05) is 24.3 Å². The molecular weight excluding hydrogens is 318 g/mol. The standard InChI is InChI=1S/C16H23NO5S/c1-12(16(18)22-3)11-23(19,20)17-9-8-14(10-17)13-4-6-15(21-2)7-5-13/h4-7,12,14H,8-11H2,1-3H3/t12-,14-/m0/s1. The Bertz CT molecular complexity index is 641. The van der Waals surface area contributed by atoms with Crippen molar-refractivity contribution >= 4 is 16.0 Å². The molecule has 0 N–H and O–H groups in total. The average molecular weight is 341 g/mol. The smallest absolute Gasteiger partial charge is 0.309 e. The minimum Gasteiger partial charge on any atom is -0.497 e. The Kier molecular flexibility index (Phi) is 5.64. The number of carbonyl (C=O) groups is 1. The molecule has 0 aromatic heterocycles. The highest BCUT2D eigenvalue weighted by Gasteiger charge is 2.34. The van der Waals surface area contributed by atoms with Crippen LogP contribution in [0.1, 0.15) is 24.8 Å². The summed E-state index contributed by atoms with van der Waals surface area (Å²) in [6.07, 6.45) is 0.776. The molecule has 0 aliphatic carbocycles. The van der Waals surface area contributed by atoms with Crippen molar-refractivity contribution in [2.75, 3.05) is 33.1 Å². The van der Waals surface area contributed by atoms with Crippen molar-refractivity contribution < 1.29 is 22.7 Å². The fourth-order valence-corrected chi connectivity index (χ4v) is 4.59. The zero-order valence-electron chi connectivity index (χ0n) is 13.7. The van der Waals surface area contributed by atoms with Crippen molar-refractivity contribution in [3.63, 3.8) is 0 Å². The van der Waals surface area contributed by atoms with Crippen molar-refractivity contribution in [1.82, 2.24) is 4.31 Å². The Labute approximate surface area is 137 Å². The van der Waals surface area contributed by atoms with E-state index in [-0.39, 0.29) is 11.7 Å². The van der Waals surface area contributed by atoms with Crippen LogP contribution in [0.25, 0.3) is 0 Å². The normalized spacial score (nSPS) is 20.2. The number of esters is 1. The van der Waals surface area contributed by atoms with E-state index in [4.69, 9.17) is 4.74 Å². The maximum atomic E-state index is 12.4. The molecule has 1 aromatic carbocycles. The van der Waals surface area contributed by atoms with Gasteiger partial charge in [0.2, 0.25) is 10.0 Å². The van der Waals surface area contributed by atoms with Crippen LogP contribution in [0.5, 0.6) is 5.75 Å². The van der Waals surface area contributed by atoms with Gasteiger partial charge in [-0.05, 0) is 30.0 Å². The Balaban J connectivity index is 2.01. The molecule has 0 amide bonds. The number of carbonyl (C=O) groups excluding carboxylic acids is 1. The molecule has 1 aliphatic rings. The lowest BCUT2D eigenvalue weighted by Crippen LogP contribution is -2.35. The van der Waals surface area contributed by atoms with Crippen LogP contribution in [0.4, 0.5) is 0 Å². The lowest BCUT2D eigenvalue weighted by molar-refractivity contribution is -0.144. The van der Waals surface area contributed by atoms with Gasteiger partial charge in [0, 0.05) is 13.1 Å². The molecule has 1 fully saturated rings. The Morgan fingerprint density at radius 2 is 1.96 bits per heavy atom. The van der Waals surface area contributed by atoms with E-state index >= 15 is 0 Å². The van der Waals surface area contributed by atoms with Crippen molar-refractivity contribution in [1.29, 1.82) is 0 Å². The number of hydrogen-bond donors (Lipinski definition) is 0. The molecule has 1 aromatic rings. The van der Waals surface area contributed by atoms with Crippen LogP contribution in [0.2, 0.25) is 0 Å². The number of nitrogens with zero attached hydrogens (tertiary/aromatic N) is 1. The van der Waals surface area contributed by atoms with Gasteiger partial charge in [0.05, 0.1) is 25.9 Å². The van der Waals surface area contributed by atoms with E-state index in [0.29, 0.717) is 13.1 Å². The zero-order chi connectivity index (χ0) is 17.0. The maximum Gasteiger partial charge on any atom is 0.309 e. The third kappa shape index (κ3) is 4.23. The lowest BCUT2D eigenvalue weighted by Gasteiger charge is -2.18. The molecule has 2 rings (SSSR count). The fourth-order valence-electron chi connectivity index (χ4n) is 2.82. The van der Waals surface area contributed by atoms with Gasteiger partial charge in [0.25, 0.3) is 0 Å². The first kappa shape index (κ1) is 17.7. The summed E-state index contributed by atoms with van der Waals surface area (Å²) >= 11 is 0. The Morgan fingerprint density at radius 3 is 2.52 bits per heavy atom.